The summed E-state index contributed by atoms with van der Waals surface area (Å²) in [4.78, 5) is 18.9. The zero-order chi connectivity index (χ0) is 15.7. The molecule has 1 amide bonds. The van der Waals surface area contributed by atoms with Gasteiger partial charge >= 0.3 is 0 Å². The minimum atomic E-state index is -0.111. The first-order chi connectivity index (χ1) is 10.6. The number of aromatic amines is 1. The third kappa shape index (κ3) is 2.62. The highest BCUT2D eigenvalue weighted by molar-refractivity contribution is 5.94. The van der Waals surface area contributed by atoms with Crippen molar-refractivity contribution in [2.75, 3.05) is 19.8 Å². The molecule has 0 radical (unpaired) electrons. The van der Waals surface area contributed by atoms with Gasteiger partial charge in [-0.05, 0) is 32.4 Å². The zero-order valence-corrected chi connectivity index (χ0v) is 13.1. The van der Waals surface area contributed by atoms with E-state index >= 15 is 0 Å². The van der Waals surface area contributed by atoms with Crippen LogP contribution in [0.3, 0.4) is 0 Å². The van der Waals surface area contributed by atoms with E-state index in [2.05, 4.69) is 15.2 Å². The molecule has 0 bridgehead atoms. The maximum atomic E-state index is 12.9. The van der Waals surface area contributed by atoms with Gasteiger partial charge in [0.2, 0.25) is 0 Å². The highest BCUT2D eigenvalue weighted by Gasteiger charge is 2.32. The Morgan fingerprint density at radius 3 is 2.86 bits per heavy atom. The van der Waals surface area contributed by atoms with Gasteiger partial charge in [0.15, 0.2) is 0 Å². The van der Waals surface area contributed by atoms with E-state index in [4.69, 9.17) is 4.74 Å². The fourth-order valence-corrected chi connectivity index (χ4v) is 2.97. The second-order valence-electron chi connectivity index (χ2n) is 5.69. The number of ether oxygens (including phenoxy) is 1. The van der Waals surface area contributed by atoms with Crippen molar-refractivity contribution in [1.82, 2.24) is 20.1 Å². The van der Waals surface area contributed by atoms with Crippen molar-refractivity contribution in [3.63, 3.8) is 0 Å². The van der Waals surface area contributed by atoms with Gasteiger partial charge in [0, 0.05) is 30.2 Å². The summed E-state index contributed by atoms with van der Waals surface area (Å²) in [6.45, 7) is 7.47. The average Bonchev–Trinajstić information content (AvgIpc) is 2.85. The quantitative estimate of drug-likeness (QED) is 0.920. The van der Waals surface area contributed by atoms with Gasteiger partial charge in [-0.25, -0.2) is 0 Å². The van der Waals surface area contributed by atoms with Crippen molar-refractivity contribution >= 4 is 5.91 Å². The summed E-state index contributed by atoms with van der Waals surface area (Å²) < 4.78 is 5.60. The number of hydrogen-bond donors (Lipinski definition) is 1. The number of nitrogens with zero attached hydrogens (tertiary/aromatic N) is 3. The number of carbonyl (C=O) groups excluding carboxylic acids is 1. The van der Waals surface area contributed by atoms with Crippen molar-refractivity contribution in [3.05, 3.63) is 46.5 Å². The first-order valence-corrected chi connectivity index (χ1v) is 7.39. The van der Waals surface area contributed by atoms with Crippen LogP contribution in [-0.4, -0.2) is 45.7 Å². The van der Waals surface area contributed by atoms with E-state index in [-0.39, 0.29) is 11.9 Å². The van der Waals surface area contributed by atoms with Crippen molar-refractivity contribution < 1.29 is 9.53 Å². The van der Waals surface area contributed by atoms with E-state index < -0.39 is 0 Å². The number of carbonyl (C=O) groups is 1. The Morgan fingerprint density at radius 1 is 1.36 bits per heavy atom. The second kappa shape index (κ2) is 5.88. The monoisotopic (exact) mass is 300 g/mol. The van der Waals surface area contributed by atoms with Crippen LogP contribution >= 0.6 is 0 Å². The predicted octanol–water partition coefficient (Wildman–Crippen LogP) is 1.94. The maximum absolute atomic E-state index is 12.9. The van der Waals surface area contributed by atoms with Crippen LogP contribution in [0.15, 0.2) is 18.5 Å². The van der Waals surface area contributed by atoms with E-state index in [1.807, 2.05) is 31.7 Å². The number of hydrogen-bond acceptors (Lipinski definition) is 4. The molecule has 3 heterocycles. The lowest BCUT2D eigenvalue weighted by atomic mass is 10.0. The van der Waals surface area contributed by atoms with Crippen molar-refractivity contribution in [2.45, 2.75) is 26.8 Å². The molecule has 3 rings (SSSR count). The predicted molar refractivity (Wildman–Crippen MR) is 81.6 cm³/mol. The average molecular weight is 300 g/mol. The summed E-state index contributed by atoms with van der Waals surface area (Å²) in [6, 6.07) is 1.76. The van der Waals surface area contributed by atoms with Crippen LogP contribution in [0.25, 0.3) is 0 Å². The van der Waals surface area contributed by atoms with Crippen molar-refractivity contribution in [1.29, 1.82) is 0 Å². The standard InChI is InChI=1S/C16H20N4O2/c1-10-6-13(8-17-7-10)16(21)20-4-5-22-9-14(20)15-11(2)18-19-12(15)3/h6-8,14H,4-5,9H2,1-3H3,(H,18,19). The van der Waals surface area contributed by atoms with E-state index in [1.165, 1.54) is 0 Å². The number of pyridine rings is 1. The SMILES string of the molecule is Cc1cncc(C(=O)N2CCOCC2c2c(C)n[nH]c2C)c1. The molecule has 1 aliphatic rings. The van der Waals surface area contributed by atoms with Gasteiger partial charge in [0.25, 0.3) is 5.91 Å². The van der Waals surface area contributed by atoms with Crippen LogP contribution in [0.5, 0.6) is 0 Å². The molecule has 1 aliphatic heterocycles. The summed E-state index contributed by atoms with van der Waals surface area (Å²) in [5.74, 6) is -0.00972. The van der Waals surface area contributed by atoms with Gasteiger partial charge in [-0.3, -0.25) is 14.9 Å². The highest BCUT2D eigenvalue weighted by atomic mass is 16.5. The Kier molecular flexibility index (Phi) is 3.94. The first-order valence-electron chi connectivity index (χ1n) is 7.39. The minimum Gasteiger partial charge on any atom is -0.377 e. The third-order valence-electron chi connectivity index (χ3n) is 4.03. The topological polar surface area (TPSA) is 71.1 Å². The molecular formula is C16H20N4O2. The number of aromatic nitrogens is 3. The van der Waals surface area contributed by atoms with Gasteiger partial charge in [0.1, 0.15) is 0 Å². The molecule has 1 fully saturated rings. The lowest BCUT2D eigenvalue weighted by Gasteiger charge is -2.36. The summed E-state index contributed by atoms with van der Waals surface area (Å²) in [7, 11) is 0. The number of aryl methyl sites for hydroxylation is 3. The first kappa shape index (κ1) is 14.7. The smallest absolute Gasteiger partial charge is 0.256 e. The molecule has 1 unspecified atom stereocenters. The molecule has 0 spiro atoms. The summed E-state index contributed by atoms with van der Waals surface area (Å²) in [5.41, 5.74) is 4.53. The summed E-state index contributed by atoms with van der Waals surface area (Å²) in [6.07, 6.45) is 3.37. The fraction of sp³-hybridized carbons (Fsp3) is 0.438. The maximum Gasteiger partial charge on any atom is 0.256 e. The van der Waals surface area contributed by atoms with Gasteiger partial charge in [-0.1, -0.05) is 0 Å². The summed E-state index contributed by atoms with van der Waals surface area (Å²) >= 11 is 0. The summed E-state index contributed by atoms with van der Waals surface area (Å²) in [5, 5.41) is 7.23. The van der Waals surface area contributed by atoms with Crippen molar-refractivity contribution in [3.8, 4) is 0 Å². The lowest BCUT2D eigenvalue weighted by Crippen LogP contribution is -2.43. The van der Waals surface area contributed by atoms with E-state index in [1.54, 1.807) is 12.4 Å². The van der Waals surface area contributed by atoms with Gasteiger partial charge in [-0.2, -0.15) is 5.10 Å². The van der Waals surface area contributed by atoms with Crippen LogP contribution < -0.4 is 0 Å². The largest absolute Gasteiger partial charge is 0.377 e. The Hall–Kier alpha value is -2.21. The third-order valence-corrected chi connectivity index (χ3v) is 4.03. The number of morpholine rings is 1. The molecule has 0 aromatic carbocycles. The molecule has 6 heteroatoms. The van der Waals surface area contributed by atoms with Crippen LogP contribution in [0.2, 0.25) is 0 Å². The number of nitrogens with one attached hydrogen (secondary N) is 1. The molecule has 1 atom stereocenters. The molecule has 6 nitrogen and oxygen atoms in total. The Balaban J connectivity index is 1.95. The van der Waals surface area contributed by atoms with Gasteiger partial charge < -0.3 is 9.64 Å². The number of H-pyrrole nitrogens is 1. The van der Waals surface area contributed by atoms with Crippen LogP contribution in [0.1, 0.15) is 38.9 Å². The second-order valence-corrected chi connectivity index (χ2v) is 5.69. The minimum absolute atomic E-state index is 0.00972. The van der Waals surface area contributed by atoms with E-state index in [0.29, 0.717) is 25.3 Å². The fourth-order valence-electron chi connectivity index (χ4n) is 2.97. The van der Waals surface area contributed by atoms with Crippen molar-refractivity contribution in [2.24, 2.45) is 0 Å². The molecule has 0 aliphatic carbocycles. The molecule has 116 valence electrons. The van der Waals surface area contributed by atoms with E-state index in [9.17, 15) is 4.79 Å². The Bertz CT molecular complexity index is 676. The molecule has 2 aromatic rings. The van der Waals surface area contributed by atoms with Crippen LogP contribution in [-0.2, 0) is 4.74 Å². The van der Waals surface area contributed by atoms with Gasteiger partial charge in [-0.15, -0.1) is 0 Å². The zero-order valence-electron chi connectivity index (χ0n) is 13.1. The molecular weight excluding hydrogens is 280 g/mol. The normalized spacial score (nSPS) is 18.5. The number of rotatable bonds is 2. The van der Waals surface area contributed by atoms with Crippen LogP contribution in [0.4, 0.5) is 0 Å². The number of amides is 1. The van der Waals surface area contributed by atoms with Crippen LogP contribution in [0, 0.1) is 20.8 Å². The lowest BCUT2D eigenvalue weighted by molar-refractivity contribution is -0.00304. The Labute approximate surface area is 129 Å². The highest BCUT2D eigenvalue weighted by Crippen LogP contribution is 2.29. The molecule has 22 heavy (non-hydrogen) atoms. The molecule has 2 aromatic heterocycles. The van der Waals surface area contributed by atoms with Gasteiger partial charge in [0.05, 0.1) is 30.5 Å². The Morgan fingerprint density at radius 2 is 2.18 bits per heavy atom. The van der Waals surface area contributed by atoms with E-state index in [0.717, 1.165) is 22.5 Å². The molecule has 1 saturated heterocycles. The molecule has 1 N–H and O–H groups in total. The molecule has 0 saturated carbocycles.